The van der Waals surface area contributed by atoms with Gasteiger partial charge in [-0.15, -0.1) is 46.4 Å². The Morgan fingerprint density at radius 2 is 1.00 bits per heavy atom. The Balaban J connectivity index is 4.14. The first-order valence-electron chi connectivity index (χ1n) is 8.49. The van der Waals surface area contributed by atoms with Crippen molar-refractivity contribution in [2.75, 3.05) is 61.2 Å². The first kappa shape index (κ1) is 28.6. The summed E-state index contributed by atoms with van der Waals surface area (Å²) in [6.07, 6.45) is 0. The highest BCUT2D eigenvalue weighted by atomic mass is 35.5. The van der Waals surface area contributed by atoms with Crippen molar-refractivity contribution in [3.63, 3.8) is 0 Å². The molecule has 2 atom stereocenters. The van der Waals surface area contributed by atoms with Crippen molar-refractivity contribution < 1.29 is 9.59 Å². The van der Waals surface area contributed by atoms with Crippen LogP contribution in [0.4, 0.5) is 0 Å². The molecule has 0 radical (unpaired) electrons. The first-order chi connectivity index (χ1) is 13.4. The summed E-state index contributed by atoms with van der Waals surface area (Å²) in [5.74, 6) is 1.56. The highest BCUT2D eigenvalue weighted by molar-refractivity contribution is 8.76. The van der Waals surface area contributed by atoms with Crippen LogP contribution in [0.1, 0.15) is 0 Å². The lowest BCUT2D eigenvalue weighted by molar-refractivity contribution is -0.127. The number of carbonyl (C=O) groups excluding carboxylic acids is 2. The Morgan fingerprint density at radius 1 is 0.714 bits per heavy atom. The van der Waals surface area contributed by atoms with E-state index in [4.69, 9.17) is 57.9 Å². The molecule has 0 unspecified atom stereocenters. The predicted octanol–water partition coefficient (Wildman–Crippen LogP) is 0.644. The molecule has 0 aliphatic heterocycles. The van der Waals surface area contributed by atoms with Crippen molar-refractivity contribution >= 4 is 79.8 Å². The van der Waals surface area contributed by atoms with Crippen molar-refractivity contribution in [2.45, 2.75) is 12.1 Å². The van der Waals surface area contributed by atoms with Gasteiger partial charge in [0.2, 0.25) is 0 Å². The SMILES string of the molecule is N[C@@H](CSSC[C@H](N)C(=O)NN(CCCl)CCCl)C(=O)NN(CCCl)CCCl. The summed E-state index contributed by atoms with van der Waals surface area (Å²) < 4.78 is 0. The molecular formula is C14H28Cl4N6O2S2. The molecule has 0 saturated heterocycles. The Labute approximate surface area is 194 Å². The van der Waals surface area contributed by atoms with E-state index in [0.717, 1.165) is 0 Å². The van der Waals surface area contributed by atoms with Crippen LogP contribution in [0.15, 0.2) is 0 Å². The van der Waals surface area contributed by atoms with Crippen molar-refractivity contribution in [3.05, 3.63) is 0 Å². The van der Waals surface area contributed by atoms with Crippen LogP contribution >= 0.6 is 68.0 Å². The fourth-order valence-corrected chi connectivity index (χ4v) is 4.79. The van der Waals surface area contributed by atoms with Crippen LogP contribution in [-0.2, 0) is 9.59 Å². The molecule has 0 aromatic rings. The largest absolute Gasteiger partial charge is 0.319 e. The number of amides is 2. The Hall–Kier alpha value is 0.640. The third kappa shape index (κ3) is 13.8. The summed E-state index contributed by atoms with van der Waals surface area (Å²) in [4.78, 5) is 24.2. The second-order valence-electron chi connectivity index (χ2n) is 5.46. The van der Waals surface area contributed by atoms with Crippen LogP contribution in [0.25, 0.3) is 0 Å². The van der Waals surface area contributed by atoms with Crippen molar-refractivity contribution in [1.82, 2.24) is 20.9 Å². The van der Waals surface area contributed by atoms with Crippen LogP contribution < -0.4 is 22.3 Å². The van der Waals surface area contributed by atoms with E-state index >= 15 is 0 Å². The number of rotatable bonds is 17. The molecule has 0 heterocycles. The fourth-order valence-electron chi connectivity index (χ4n) is 1.73. The summed E-state index contributed by atoms with van der Waals surface area (Å²) in [5.41, 5.74) is 17.2. The molecule has 0 spiro atoms. The van der Waals surface area contributed by atoms with E-state index in [-0.39, 0.29) is 11.8 Å². The quantitative estimate of drug-likeness (QED) is 0.0961. The molecule has 8 nitrogen and oxygen atoms in total. The van der Waals surface area contributed by atoms with Crippen molar-refractivity contribution in [3.8, 4) is 0 Å². The number of nitrogens with two attached hydrogens (primary N) is 2. The number of nitrogens with zero attached hydrogens (tertiary/aromatic N) is 2. The lowest BCUT2D eigenvalue weighted by Crippen LogP contribution is -2.52. The number of alkyl halides is 4. The number of hydrogen-bond acceptors (Lipinski definition) is 8. The molecule has 0 fully saturated rings. The third-order valence-electron chi connectivity index (χ3n) is 3.21. The molecule has 166 valence electrons. The van der Waals surface area contributed by atoms with Gasteiger partial charge in [0, 0.05) is 61.2 Å². The van der Waals surface area contributed by atoms with Gasteiger partial charge in [-0.2, -0.15) is 0 Å². The van der Waals surface area contributed by atoms with Gasteiger partial charge < -0.3 is 11.5 Å². The molecule has 28 heavy (non-hydrogen) atoms. The van der Waals surface area contributed by atoms with Gasteiger partial charge in [-0.3, -0.25) is 20.4 Å². The predicted molar refractivity (Wildman–Crippen MR) is 123 cm³/mol. The molecule has 0 bridgehead atoms. The molecule has 14 heteroatoms. The maximum absolute atomic E-state index is 12.1. The minimum absolute atomic E-state index is 0.317. The van der Waals surface area contributed by atoms with E-state index in [2.05, 4.69) is 10.9 Å². The Bertz CT molecular complexity index is 395. The van der Waals surface area contributed by atoms with Crippen molar-refractivity contribution in [2.24, 2.45) is 11.5 Å². The second kappa shape index (κ2) is 18.4. The summed E-state index contributed by atoms with van der Waals surface area (Å²) in [5, 5.41) is 3.27. The molecule has 0 aliphatic carbocycles. The van der Waals surface area contributed by atoms with Gasteiger partial charge in [0.1, 0.15) is 0 Å². The maximum atomic E-state index is 12.1. The summed E-state index contributed by atoms with van der Waals surface area (Å²) >= 11 is 22.7. The average molecular weight is 518 g/mol. The van der Waals surface area contributed by atoms with E-state index in [0.29, 0.717) is 61.2 Å². The average Bonchev–Trinajstić information content (AvgIpc) is 2.65. The van der Waals surface area contributed by atoms with Gasteiger partial charge >= 0.3 is 0 Å². The fraction of sp³-hybridized carbons (Fsp3) is 0.857. The van der Waals surface area contributed by atoms with E-state index in [9.17, 15) is 9.59 Å². The minimum Gasteiger partial charge on any atom is -0.319 e. The van der Waals surface area contributed by atoms with E-state index in [1.54, 1.807) is 10.0 Å². The summed E-state index contributed by atoms with van der Waals surface area (Å²) in [6.45, 7) is 1.90. The van der Waals surface area contributed by atoms with Crippen LogP contribution in [-0.4, -0.2) is 95.1 Å². The van der Waals surface area contributed by atoms with Gasteiger partial charge in [0.25, 0.3) is 11.8 Å². The smallest absolute Gasteiger partial charge is 0.252 e. The van der Waals surface area contributed by atoms with Gasteiger partial charge in [-0.05, 0) is 0 Å². The molecule has 0 aromatic heterocycles. The summed E-state index contributed by atoms with van der Waals surface area (Å²) in [7, 11) is 2.75. The number of nitrogens with one attached hydrogen (secondary N) is 2. The number of hydrazine groups is 2. The molecule has 0 rings (SSSR count). The highest BCUT2D eigenvalue weighted by Gasteiger charge is 2.19. The lowest BCUT2D eigenvalue weighted by atomic mass is 10.3. The molecule has 6 N–H and O–H groups in total. The maximum Gasteiger partial charge on any atom is 0.252 e. The zero-order valence-electron chi connectivity index (χ0n) is 15.4. The van der Waals surface area contributed by atoms with E-state index in [1.165, 1.54) is 21.6 Å². The zero-order chi connectivity index (χ0) is 21.4. The van der Waals surface area contributed by atoms with Crippen LogP contribution in [0.5, 0.6) is 0 Å². The van der Waals surface area contributed by atoms with Crippen LogP contribution in [0.3, 0.4) is 0 Å². The summed E-state index contributed by atoms with van der Waals surface area (Å²) in [6, 6.07) is -1.42. The molecular weight excluding hydrogens is 490 g/mol. The number of carbonyl (C=O) groups is 2. The molecule has 0 aliphatic rings. The third-order valence-corrected chi connectivity index (χ3v) is 6.36. The van der Waals surface area contributed by atoms with Crippen LogP contribution in [0, 0.1) is 0 Å². The number of halogens is 4. The normalized spacial score (nSPS) is 13.6. The topological polar surface area (TPSA) is 117 Å². The molecule has 2 amide bonds. The van der Waals surface area contributed by atoms with Gasteiger partial charge in [0.15, 0.2) is 0 Å². The Kier molecular flexibility index (Phi) is 18.8. The zero-order valence-corrected chi connectivity index (χ0v) is 20.1. The highest BCUT2D eigenvalue weighted by Crippen LogP contribution is 2.22. The Morgan fingerprint density at radius 3 is 1.25 bits per heavy atom. The van der Waals surface area contributed by atoms with E-state index in [1.807, 2.05) is 0 Å². The monoisotopic (exact) mass is 516 g/mol. The molecule has 0 aromatic carbocycles. The molecule has 0 saturated carbocycles. The van der Waals surface area contributed by atoms with Gasteiger partial charge in [-0.1, -0.05) is 21.6 Å². The van der Waals surface area contributed by atoms with Gasteiger partial charge in [0.05, 0.1) is 12.1 Å². The van der Waals surface area contributed by atoms with Crippen molar-refractivity contribution in [1.29, 1.82) is 0 Å². The standard InChI is InChI=1S/C14H28Cl4N6O2S2/c15-1-5-23(6-2-16)21-13(25)11(19)9-27-28-10-12(20)14(26)22-24(7-3-17)8-4-18/h11-12H,1-10,19-20H2,(H,21,25)(H,22,26)/t11-,12-/m0/s1. The minimum atomic E-state index is -0.710. The second-order valence-corrected chi connectivity index (χ2v) is 9.53. The first-order valence-corrected chi connectivity index (χ1v) is 13.1. The van der Waals surface area contributed by atoms with Crippen LogP contribution in [0.2, 0.25) is 0 Å². The van der Waals surface area contributed by atoms with E-state index < -0.39 is 12.1 Å². The lowest BCUT2D eigenvalue weighted by Gasteiger charge is -2.23. The van der Waals surface area contributed by atoms with Gasteiger partial charge in [-0.25, -0.2) is 10.0 Å². The number of hydrogen-bond donors (Lipinski definition) is 4.